The summed E-state index contributed by atoms with van der Waals surface area (Å²) in [5.74, 6) is -0.140. The van der Waals surface area contributed by atoms with Crippen LogP contribution in [0.2, 0.25) is 0 Å². The number of halogens is 1. The molecular weight excluding hydrogens is 205 g/mol. The van der Waals surface area contributed by atoms with Crippen molar-refractivity contribution >= 4 is 0 Å². The Kier molecular flexibility index (Phi) is 2.65. The van der Waals surface area contributed by atoms with Gasteiger partial charge in [-0.15, -0.1) is 0 Å². The fraction of sp³-hybridized carbons (Fsp3) is 0.538. The van der Waals surface area contributed by atoms with Gasteiger partial charge in [0.15, 0.2) is 0 Å². The largest absolute Gasteiger partial charge is 0.372 e. The predicted molar refractivity (Wildman–Crippen MR) is 59.8 cm³/mol. The van der Waals surface area contributed by atoms with Gasteiger partial charge in [0.25, 0.3) is 0 Å². The molecule has 1 unspecified atom stereocenters. The molecule has 0 bridgehead atoms. The zero-order chi connectivity index (χ0) is 11.0. The lowest BCUT2D eigenvalue weighted by atomic mass is 9.92. The Morgan fingerprint density at radius 3 is 3.12 bits per heavy atom. The van der Waals surface area contributed by atoms with Crippen molar-refractivity contribution in [3.8, 4) is 0 Å². The Hall–Kier alpha value is -0.930. The number of benzene rings is 1. The predicted octanol–water partition coefficient (Wildman–Crippen LogP) is 2.19. The second-order valence-corrected chi connectivity index (χ2v) is 4.59. The first kappa shape index (κ1) is 10.2. The SMILES string of the molecule is Fc1ccc2c(c1)CCO[C@@H]2C1CCCN1. The third-order valence-corrected chi connectivity index (χ3v) is 3.54. The molecule has 16 heavy (non-hydrogen) atoms. The molecule has 86 valence electrons. The van der Waals surface area contributed by atoms with Crippen molar-refractivity contribution in [1.82, 2.24) is 5.32 Å². The van der Waals surface area contributed by atoms with Crippen LogP contribution in [0.15, 0.2) is 18.2 Å². The summed E-state index contributed by atoms with van der Waals surface area (Å²) in [7, 11) is 0. The molecule has 2 nitrogen and oxygen atoms in total. The van der Waals surface area contributed by atoms with E-state index in [1.807, 2.05) is 6.07 Å². The molecule has 2 atom stereocenters. The summed E-state index contributed by atoms with van der Waals surface area (Å²) in [6, 6.07) is 5.48. The summed E-state index contributed by atoms with van der Waals surface area (Å²) < 4.78 is 19.0. The molecule has 2 heterocycles. The number of hydrogen-bond acceptors (Lipinski definition) is 2. The Labute approximate surface area is 94.8 Å². The molecule has 0 saturated carbocycles. The van der Waals surface area contributed by atoms with Gasteiger partial charge >= 0.3 is 0 Å². The maximum absolute atomic E-state index is 13.1. The molecule has 3 heteroatoms. The molecule has 2 aliphatic heterocycles. The highest BCUT2D eigenvalue weighted by Crippen LogP contribution is 2.33. The van der Waals surface area contributed by atoms with Gasteiger partial charge in [-0.05, 0) is 49.1 Å². The summed E-state index contributed by atoms with van der Waals surface area (Å²) in [5.41, 5.74) is 2.29. The second kappa shape index (κ2) is 4.15. The van der Waals surface area contributed by atoms with E-state index in [4.69, 9.17) is 4.74 Å². The van der Waals surface area contributed by atoms with Crippen LogP contribution in [0, 0.1) is 5.82 Å². The summed E-state index contributed by atoms with van der Waals surface area (Å²) >= 11 is 0. The van der Waals surface area contributed by atoms with Crippen LogP contribution in [0.3, 0.4) is 0 Å². The van der Waals surface area contributed by atoms with Crippen molar-refractivity contribution in [2.75, 3.05) is 13.2 Å². The lowest BCUT2D eigenvalue weighted by molar-refractivity contribution is 0.0198. The van der Waals surface area contributed by atoms with Crippen LogP contribution in [-0.2, 0) is 11.2 Å². The number of rotatable bonds is 1. The van der Waals surface area contributed by atoms with Gasteiger partial charge in [0, 0.05) is 6.04 Å². The molecular formula is C13H16FNO. The van der Waals surface area contributed by atoms with Gasteiger partial charge in [0.2, 0.25) is 0 Å². The minimum atomic E-state index is -0.140. The highest BCUT2D eigenvalue weighted by Gasteiger charge is 2.30. The molecule has 1 aromatic rings. The zero-order valence-electron chi connectivity index (χ0n) is 9.21. The Morgan fingerprint density at radius 2 is 2.31 bits per heavy atom. The van der Waals surface area contributed by atoms with Gasteiger partial charge in [0.05, 0.1) is 12.7 Å². The van der Waals surface area contributed by atoms with E-state index < -0.39 is 0 Å². The quantitative estimate of drug-likeness (QED) is 0.785. The van der Waals surface area contributed by atoms with Gasteiger partial charge in [-0.1, -0.05) is 6.07 Å². The summed E-state index contributed by atoms with van der Waals surface area (Å²) in [5, 5.41) is 3.46. The molecule has 1 aromatic carbocycles. The van der Waals surface area contributed by atoms with E-state index in [1.54, 1.807) is 6.07 Å². The zero-order valence-corrected chi connectivity index (χ0v) is 9.21. The second-order valence-electron chi connectivity index (χ2n) is 4.59. The summed E-state index contributed by atoms with van der Waals surface area (Å²) in [6.45, 7) is 1.78. The molecule has 0 radical (unpaired) electrons. The first-order valence-corrected chi connectivity index (χ1v) is 5.98. The number of hydrogen-bond donors (Lipinski definition) is 1. The maximum Gasteiger partial charge on any atom is 0.123 e. The molecule has 3 rings (SSSR count). The number of fused-ring (bicyclic) bond motifs is 1. The van der Waals surface area contributed by atoms with E-state index in [1.165, 1.54) is 18.1 Å². The van der Waals surface area contributed by atoms with Gasteiger partial charge in [-0.2, -0.15) is 0 Å². The fourth-order valence-corrected chi connectivity index (χ4v) is 2.76. The smallest absolute Gasteiger partial charge is 0.123 e. The number of nitrogens with one attached hydrogen (secondary N) is 1. The van der Waals surface area contributed by atoms with E-state index in [9.17, 15) is 4.39 Å². The van der Waals surface area contributed by atoms with Crippen molar-refractivity contribution in [1.29, 1.82) is 0 Å². The lowest BCUT2D eigenvalue weighted by Crippen LogP contribution is -2.33. The van der Waals surface area contributed by atoms with Gasteiger partial charge in [0.1, 0.15) is 5.82 Å². The summed E-state index contributed by atoms with van der Waals surface area (Å²) in [4.78, 5) is 0. The van der Waals surface area contributed by atoms with Crippen LogP contribution in [0.4, 0.5) is 4.39 Å². The molecule has 2 aliphatic rings. The Bertz CT molecular complexity index is 388. The molecule has 0 aromatic heterocycles. The van der Waals surface area contributed by atoms with E-state index in [-0.39, 0.29) is 11.9 Å². The third kappa shape index (κ3) is 1.74. The monoisotopic (exact) mass is 221 g/mol. The van der Waals surface area contributed by atoms with Crippen LogP contribution in [-0.4, -0.2) is 19.2 Å². The van der Waals surface area contributed by atoms with E-state index in [2.05, 4.69) is 5.32 Å². The van der Waals surface area contributed by atoms with Crippen molar-refractivity contribution in [2.24, 2.45) is 0 Å². The first-order chi connectivity index (χ1) is 7.84. The van der Waals surface area contributed by atoms with Crippen LogP contribution < -0.4 is 5.32 Å². The third-order valence-electron chi connectivity index (χ3n) is 3.54. The molecule has 1 N–H and O–H groups in total. The maximum atomic E-state index is 13.1. The van der Waals surface area contributed by atoms with Crippen LogP contribution in [0.1, 0.15) is 30.1 Å². The van der Waals surface area contributed by atoms with Crippen molar-refractivity contribution < 1.29 is 9.13 Å². The standard InChI is InChI=1S/C13H16FNO/c14-10-3-4-11-9(8-10)5-7-16-13(11)12-2-1-6-15-12/h3-4,8,12-13,15H,1-2,5-7H2/t12?,13-/m0/s1. The van der Waals surface area contributed by atoms with Crippen molar-refractivity contribution in [3.63, 3.8) is 0 Å². The van der Waals surface area contributed by atoms with Crippen molar-refractivity contribution in [2.45, 2.75) is 31.4 Å². The number of ether oxygens (including phenoxy) is 1. The Morgan fingerprint density at radius 1 is 1.38 bits per heavy atom. The summed E-state index contributed by atoms with van der Waals surface area (Å²) in [6.07, 6.45) is 3.31. The average Bonchev–Trinajstić information content (AvgIpc) is 2.81. The molecule has 0 spiro atoms. The van der Waals surface area contributed by atoms with Crippen LogP contribution in [0.25, 0.3) is 0 Å². The van der Waals surface area contributed by atoms with Crippen LogP contribution >= 0.6 is 0 Å². The van der Waals surface area contributed by atoms with E-state index >= 15 is 0 Å². The fourth-order valence-electron chi connectivity index (χ4n) is 2.76. The van der Waals surface area contributed by atoms with E-state index in [0.29, 0.717) is 12.6 Å². The van der Waals surface area contributed by atoms with Crippen molar-refractivity contribution in [3.05, 3.63) is 35.1 Å². The van der Waals surface area contributed by atoms with Gasteiger partial charge in [-0.3, -0.25) is 0 Å². The minimum Gasteiger partial charge on any atom is -0.372 e. The lowest BCUT2D eigenvalue weighted by Gasteiger charge is -2.30. The molecule has 0 amide bonds. The highest BCUT2D eigenvalue weighted by molar-refractivity contribution is 5.32. The highest BCUT2D eigenvalue weighted by atomic mass is 19.1. The van der Waals surface area contributed by atoms with Gasteiger partial charge < -0.3 is 10.1 Å². The molecule has 1 fully saturated rings. The molecule has 1 saturated heterocycles. The van der Waals surface area contributed by atoms with E-state index in [0.717, 1.165) is 24.9 Å². The average molecular weight is 221 g/mol. The van der Waals surface area contributed by atoms with Gasteiger partial charge in [-0.25, -0.2) is 4.39 Å². The first-order valence-electron chi connectivity index (χ1n) is 5.98. The topological polar surface area (TPSA) is 21.3 Å². The minimum absolute atomic E-state index is 0.117. The molecule has 0 aliphatic carbocycles. The normalized spacial score (nSPS) is 29.1. The van der Waals surface area contributed by atoms with Crippen LogP contribution in [0.5, 0.6) is 0 Å². The Balaban J connectivity index is 1.93.